The number of methoxy groups -OCH3 is 1. The molecule has 162 valence electrons. The fourth-order valence-electron chi connectivity index (χ4n) is 2.92. The van der Waals surface area contributed by atoms with E-state index in [1.165, 1.54) is 17.9 Å². The van der Waals surface area contributed by atoms with E-state index >= 15 is 0 Å². The van der Waals surface area contributed by atoms with Gasteiger partial charge in [0, 0.05) is 17.1 Å². The Bertz CT molecular complexity index is 1170. The molecule has 8 nitrogen and oxygen atoms in total. The Kier molecular flexibility index (Phi) is 6.72. The molecule has 2 aromatic carbocycles. The molecule has 0 spiro atoms. The molecule has 31 heavy (non-hydrogen) atoms. The van der Waals surface area contributed by atoms with E-state index in [1.807, 2.05) is 0 Å². The van der Waals surface area contributed by atoms with E-state index in [-0.39, 0.29) is 16.8 Å². The summed E-state index contributed by atoms with van der Waals surface area (Å²) < 4.78 is 6.60. The summed E-state index contributed by atoms with van der Waals surface area (Å²) in [6, 6.07) is 11.2. The predicted octanol–water partition coefficient (Wildman–Crippen LogP) is 3.80. The van der Waals surface area contributed by atoms with Gasteiger partial charge in [-0.3, -0.25) is 19.8 Å². The monoisotopic (exact) mass is 462 g/mol. The molecule has 10 heteroatoms. The van der Waals surface area contributed by atoms with Gasteiger partial charge in [-0.1, -0.05) is 35.3 Å². The van der Waals surface area contributed by atoms with Crippen molar-refractivity contribution in [3.63, 3.8) is 0 Å². The summed E-state index contributed by atoms with van der Waals surface area (Å²) in [5.74, 6) is -1.89. The van der Waals surface area contributed by atoms with Crippen molar-refractivity contribution in [3.8, 4) is 5.75 Å². The van der Waals surface area contributed by atoms with Gasteiger partial charge in [-0.15, -0.1) is 0 Å². The van der Waals surface area contributed by atoms with Crippen LogP contribution in [0.4, 0.5) is 5.69 Å². The second kappa shape index (κ2) is 9.28. The van der Waals surface area contributed by atoms with Crippen molar-refractivity contribution in [1.29, 1.82) is 0 Å². The molecule has 0 saturated heterocycles. The number of aromatic nitrogens is 1. The van der Waals surface area contributed by atoms with Gasteiger partial charge in [0.25, 0.3) is 5.91 Å². The number of para-hydroxylation sites is 1. The number of anilines is 1. The number of benzene rings is 2. The van der Waals surface area contributed by atoms with E-state index in [0.29, 0.717) is 27.4 Å². The number of ether oxygens (including phenoxy) is 1. The summed E-state index contributed by atoms with van der Waals surface area (Å²) >= 11 is 11.9. The molecule has 0 bridgehead atoms. The van der Waals surface area contributed by atoms with E-state index in [2.05, 4.69) is 16.1 Å². The third-order valence-corrected chi connectivity index (χ3v) is 5.00. The molecule has 0 atom stereocenters. The van der Waals surface area contributed by atoms with Crippen molar-refractivity contribution < 1.29 is 19.1 Å². The number of rotatable bonds is 5. The van der Waals surface area contributed by atoms with Crippen LogP contribution >= 0.6 is 23.2 Å². The number of nitrogens with zero attached hydrogens (tertiary/aromatic N) is 1. The van der Waals surface area contributed by atoms with Crippen molar-refractivity contribution >= 4 is 57.5 Å². The van der Waals surface area contributed by atoms with E-state index in [4.69, 9.17) is 27.9 Å². The second-order valence-corrected chi connectivity index (χ2v) is 7.73. The number of halogens is 2. The number of carbonyl (C=O) groups excluding carboxylic acids is 3. The predicted molar refractivity (Wildman–Crippen MR) is 121 cm³/mol. The summed E-state index contributed by atoms with van der Waals surface area (Å²) in [5.41, 5.74) is 3.39. The molecule has 0 aliphatic heterocycles. The Morgan fingerprint density at radius 2 is 1.74 bits per heavy atom. The van der Waals surface area contributed by atoms with Crippen LogP contribution in [0.25, 0.3) is 10.9 Å². The Hall–Kier alpha value is -3.23. The fourth-order valence-corrected chi connectivity index (χ4v) is 3.22. The summed E-state index contributed by atoms with van der Waals surface area (Å²) in [6.07, 6.45) is 0. The molecule has 3 N–H and O–H groups in total. The zero-order valence-electron chi connectivity index (χ0n) is 17.0. The van der Waals surface area contributed by atoms with Gasteiger partial charge in [-0.2, -0.15) is 0 Å². The molecular formula is C21H20Cl2N4O4. The van der Waals surface area contributed by atoms with Crippen molar-refractivity contribution in [1.82, 2.24) is 9.99 Å². The van der Waals surface area contributed by atoms with Crippen LogP contribution in [0, 0.1) is 0 Å². The first-order valence-electron chi connectivity index (χ1n) is 9.28. The summed E-state index contributed by atoms with van der Waals surface area (Å²) in [7, 11) is 1.47. The zero-order valence-corrected chi connectivity index (χ0v) is 18.5. The van der Waals surface area contributed by atoms with Gasteiger partial charge in [0.2, 0.25) is 0 Å². The quantitative estimate of drug-likeness (QED) is 0.501. The van der Waals surface area contributed by atoms with Gasteiger partial charge in [0.05, 0.1) is 17.2 Å². The number of amides is 3. The van der Waals surface area contributed by atoms with Crippen LogP contribution in [-0.2, 0) is 9.59 Å². The molecule has 0 radical (unpaired) electrons. The molecule has 3 aromatic rings. The highest BCUT2D eigenvalue weighted by atomic mass is 35.5. The number of hydrogen-bond acceptors (Lipinski definition) is 4. The number of nitrogens with one attached hydrogen (secondary N) is 3. The Morgan fingerprint density at radius 1 is 1.00 bits per heavy atom. The maximum absolute atomic E-state index is 13.0. The van der Waals surface area contributed by atoms with Crippen molar-refractivity contribution in [2.75, 3.05) is 17.9 Å². The third-order valence-electron chi connectivity index (χ3n) is 4.26. The Labute approximate surface area is 188 Å². The van der Waals surface area contributed by atoms with E-state index in [1.54, 1.807) is 50.2 Å². The highest BCUT2D eigenvalue weighted by molar-refractivity contribution is 6.42. The van der Waals surface area contributed by atoms with Gasteiger partial charge in [-0.25, -0.2) is 4.68 Å². The van der Waals surface area contributed by atoms with Crippen molar-refractivity contribution in [3.05, 3.63) is 58.2 Å². The zero-order chi connectivity index (χ0) is 22.7. The number of carbonyl (C=O) groups is 3. The van der Waals surface area contributed by atoms with Crippen LogP contribution in [0.3, 0.4) is 0 Å². The lowest BCUT2D eigenvalue weighted by Gasteiger charge is -2.15. The van der Waals surface area contributed by atoms with E-state index in [0.717, 1.165) is 0 Å². The minimum atomic E-state index is -0.930. The Morgan fingerprint density at radius 3 is 2.39 bits per heavy atom. The maximum atomic E-state index is 13.0. The lowest BCUT2D eigenvalue weighted by Crippen LogP contribution is -2.42. The number of hydrogen-bond donors (Lipinski definition) is 3. The van der Waals surface area contributed by atoms with E-state index in [9.17, 15) is 14.4 Å². The summed E-state index contributed by atoms with van der Waals surface area (Å²) in [5, 5.41) is 6.47. The molecular weight excluding hydrogens is 443 g/mol. The lowest BCUT2D eigenvalue weighted by molar-refractivity contribution is -0.137. The average Bonchev–Trinajstić information content (AvgIpc) is 3.09. The van der Waals surface area contributed by atoms with Crippen molar-refractivity contribution in [2.45, 2.75) is 19.9 Å². The Balaban J connectivity index is 2.02. The van der Waals surface area contributed by atoms with Gasteiger partial charge in [0.1, 0.15) is 17.0 Å². The molecule has 3 amide bonds. The lowest BCUT2D eigenvalue weighted by atomic mass is 10.2. The van der Waals surface area contributed by atoms with E-state index < -0.39 is 17.7 Å². The molecule has 3 rings (SSSR count). The molecule has 0 unspecified atom stereocenters. The average molecular weight is 463 g/mol. The molecule has 1 aromatic heterocycles. The third kappa shape index (κ3) is 4.92. The normalized spacial score (nSPS) is 10.8. The number of fused-ring (bicyclic) bond motifs is 1. The van der Waals surface area contributed by atoms with Gasteiger partial charge < -0.3 is 15.4 Å². The molecule has 0 aliphatic rings. The summed E-state index contributed by atoms with van der Waals surface area (Å²) in [4.78, 5) is 37.6. The minimum Gasteiger partial charge on any atom is -0.494 e. The van der Waals surface area contributed by atoms with Crippen LogP contribution < -0.4 is 20.8 Å². The van der Waals surface area contributed by atoms with Gasteiger partial charge in [-0.05, 0) is 44.2 Å². The standard InChI is InChI=1S/C21H20Cl2N4O4/c1-11(2)24-20(29)21(30)26-27-16(9-12-5-4-6-17(31-3)18(12)27)19(28)25-13-7-8-14(22)15(23)10-13/h4-11H,1-3H3,(H,24,29)(H,25,28)(H,26,30). The first-order chi connectivity index (χ1) is 14.7. The molecule has 0 aliphatic carbocycles. The largest absolute Gasteiger partial charge is 0.494 e. The molecule has 0 saturated carbocycles. The highest BCUT2D eigenvalue weighted by Gasteiger charge is 2.23. The highest BCUT2D eigenvalue weighted by Crippen LogP contribution is 2.29. The van der Waals surface area contributed by atoms with Gasteiger partial charge >= 0.3 is 11.8 Å². The van der Waals surface area contributed by atoms with Crippen LogP contribution in [0.15, 0.2) is 42.5 Å². The first-order valence-corrected chi connectivity index (χ1v) is 10.0. The first kappa shape index (κ1) is 22.5. The second-order valence-electron chi connectivity index (χ2n) is 6.92. The smallest absolute Gasteiger partial charge is 0.328 e. The molecule has 1 heterocycles. The van der Waals surface area contributed by atoms with Crippen LogP contribution in [0.1, 0.15) is 24.3 Å². The fraction of sp³-hybridized carbons (Fsp3) is 0.190. The van der Waals surface area contributed by atoms with Crippen molar-refractivity contribution in [2.24, 2.45) is 0 Å². The van der Waals surface area contributed by atoms with Crippen LogP contribution in [0.5, 0.6) is 5.75 Å². The van der Waals surface area contributed by atoms with Gasteiger partial charge in [0.15, 0.2) is 0 Å². The maximum Gasteiger partial charge on any atom is 0.328 e. The minimum absolute atomic E-state index is 0.0799. The molecule has 0 fully saturated rings. The van der Waals surface area contributed by atoms with Crippen LogP contribution in [-0.4, -0.2) is 35.5 Å². The summed E-state index contributed by atoms with van der Waals surface area (Å²) in [6.45, 7) is 3.46. The van der Waals surface area contributed by atoms with Crippen LogP contribution in [0.2, 0.25) is 10.0 Å². The topological polar surface area (TPSA) is 101 Å². The SMILES string of the molecule is COc1cccc2cc(C(=O)Nc3ccc(Cl)c(Cl)c3)n(NC(=O)C(=O)NC(C)C)c12.